The fraction of sp³-hybridized carbons (Fsp3) is 0.303. The van der Waals surface area contributed by atoms with E-state index in [-0.39, 0.29) is 41.3 Å². The van der Waals surface area contributed by atoms with Crippen LogP contribution in [-0.4, -0.2) is 60.8 Å². The number of pyridine rings is 1. The molecule has 0 spiro atoms. The normalized spacial score (nSPS) is 13.0. The van der Waals surface area contributed by atoms with Gasteiger partial charge in [0.05, 0.1) is 18.6 Å². The fourth-order valence-corrected chi connectivity index (χ4v) is 4.48. The number of hydrogen-bond acceptors (Lipinski definition) is 8. The highest BCUT2D eigenvalue weighted by molar-refractivity contribution is 6.03. The van der Waals surface area contributed by atoms with Crippen LogP contribution in [-0.2, 0) is 20.7 Å². The summed E-state index contributed by atoms with van der Waals surface area (Å²) in [5, 5.41) is 12.8. The molecule has 3 aromatic rings. The minimum absolute atomic E-state index is 0.0240. The Morgan fingerprint density at radius 2 is 1.77 bits per heavy atom. The summed E-state index contributed by atoms with van der Waals surface area (Å²) in [6, 6.07) is 15.3. The zero-order valence-electron chi connectivity index (χ0n) is 24.1. The molecular formula is C33H34N2O8. The molecule has 1 aliphatic rings. The zero-order chi connectivity index (χ0) is 30.9. The van der Waals surface area contributed by atoms with E-state index in [4.69, 9.17) is 14.2 Å². The molecule has 1 heterocycles. The molecule has 1 fully saturated rings. The first-order chi connectivity index (χ1) is 20.7. The van der Waals surface area contributed by atoms with Crippen LogP contribution >= 0.6 is 0 Å². The van der Waals surface area contributed by atoms with Crippen molar-refractivity contribution in [1.82, 2.24) is 10.3 Å². The smallest absolute Gasteiger partial charge is 0.357 e. The molecule has 1 saturated carbocycles. The molecule has 1 atom stereocenters. The molecule has 0 radical (unpaired) electrons. The molecule has 0 bridgehead atoms. The van der Waals surface area contributed by atoms with E-state index in [9.17, 15) is 24.3 Å². The van der Waals surface area contributed by atoms with E-state index in [2.05, 4.69) is 16.9 Å². The van der Waals surface area contributed by atoms with Gasteiger partial charge in [-0.05, 0) is 55.0 Å². The second-order valence-corrected chi connectivity index (χ2v) is 10.3. The number of methoxy groups -OCH3 is 1. The lowest BCUT2D eigenvalue weighted by Crippen LogP contribution is -2.27. The Bertz CT molecular complexity index is 1510. The molecule has 224 valence electrons. The highest BCUT2D eigenvalue weighted by atomic mass is 16.6. The summed E-state index contributed by atoms with van der Waals surface area (Å²) in [5.74, 6) is -2.70. The molecule has 2 N–H and O–H groups in total. The van der Waals surface area contributed by atoms with Gasteiger partial charge in [-0.15, -0.1) is 0 Å². The Morgan fingerprint density at radius 3 is 2.42 bits per heavy atom. The molecule has 0 saturated heterocycles. The SMILES string of the molecule is C=Cc1cc(C(=O)O)c(-c2ccc(C(=O)NCC3CC3)nc2C(=O)OCCOC(=O)[C@@H](C)Cc2ccccc2)cc1OC. The maximum absolute atomic E-state index is 13.3. The summed E-state index contributed by atoms with van der Waals surface area (Å²) in [5.41, 5.74) is 1.29. The number of carbonyl (C=O) groups is 4. The maximum atomic E-state index is 13.3. The van der Waals surface area contributed by atoms with Gasteiger partial charge in [-0.3, -0.25) is 9.59 Å². The number of rotatable bonds is 14. The number of amides is 1. The molecule has 4 rings (SSSR count). The van der Waals surface area contributed by atoms with Gasteiger partial charge in [-0.1, -0.05) is 49.9 Å². The van der Waals surface area contributed by atoms with Crippen molar-refractivity contribution in [3.05, 3.63) is 89.3 Å². The number of carbonyl (C=O) groups excluding carboxylic acids is 3. The number of aromatic carboxylic acids is 1. The van der Waals surface area contributed by atoms with E-state index in [1.807, 2.05) is 30.3 Å². The lowest BCUT2D eigenvalue weighted by Gasteiger charge is -2.16. The number of ether oxygens (including phenoxy) is 3. The van der Waals surface area contributed by atoms with E-state index in [1.165, 1.54) is 37.5 Å². The van der Waals surface area contributed by atoms with Crippen LogP contribution in [0.15, 0.2) is 61.2 Å². The molecule has 1 aliphatic carbocycles. The minimum Gasteiger partial charge on any atom is -0.496 e. The number of carboxylic acids is 1. The van der Waals surface area contributed by atoms with Crippen molar-refractivity contribution >= 4 is 29.9 Å². The summed E-state index contributed by atoms with van der Waals surface area (Å²) >= 11 is 0. The van der Waals surface area contributed by atoms with E-state index in [0.717, 1.165) is 18.4 Å². The Kier molecular flexibility index (Phi) is 10.3. The Balaban J connectivity index is 1.54. The third-order valence-electron chi connectivity index (χ3n) is 7.03. The van der Waals surface area contributed by atoms with Gasteiger partial charge in [-0.25, -0.2) is 14.6 Å². The first kappa shape index (κ1) is 31.0. The lowest BCUT2D eigenvalue weighted by atomic mass is 9.95. The summed E-state index contributed by atoms with van der Waals surface area (Å²) in [6.07, 6.45) is 4.04. The number of carboxylic acid groups (broad SMARTS) is 1. The highest BCUT2D eigenvalue weighted by Crippen LogP contribution is 2.34. The molecule has 1 amide bonds. The van der Waals surface area contributed by atoms with Crippen molar-refractivity contribution in [2.24, 2.45) is 11.8 Å². The van der Waals surface area contributed by atoms with Gasteiger partial charge in [0.2, 0.25) is 0 Å². The van der Waals surface area contributed by atoms with Gasteiger partial charge >= 0.3 is 17.9 Å². The fourth-order valence-electron chi connectivity index (χ4n) is 4.48. The van der Waals surface area contributed by atoms with Crippen LogP contribution < -0.4 is 10.1 Å². The van der Waals surface area contributed by atoms with Crippen molar-refractivity contribution in [2.75, 3.05) is 26.9 Å². The van der Waals surface area contributed by atoms with Crippen LogP contribution in [0.25, 0.3) is 17.2 Å². The van der Waals surface area contributed by atoms with Crippen LogP contribution in [0.5, 0.6) is 5.75 Å². The lowest BCUT2D eigenvalue weighted by molar-refractivity contribution is -0.149. The quantitative estimate of drug-likeness (QED) is 0.201. The Labute approximate surface area is 249 Å². The Morgan fingerprint density at radius 1 is 1.05 bits per heavy atom. The summed E-state index contributed by atoms with van der Waals surface area (Å²) < 4.78 is 16.1. The second-order valence-electron chi connectivity index (χ2n) is 10.3. The average Bonchev–Trinajstić information content (AvgIpc) is 3.85. The van der Waals surface area contributed by atoms with Crippen LogP contribution in [0.3, 0.4) is 0 Å². The van der Waals surface area contributed by atoms with Crippen LogP contribution in [0, 0.1) is 11.8 Å². The third-order valence-corrected chi connectivity index (χ3v) is 7.03. The van der Waals surface area contributed by atoms with E-state index >= 15 is 0 Å². The standard InChI is InChI=1S/C33H34N2O8/c1-4-23-17-26(31(37)38)25(18-28(23)41-3)24-12-13-27(30(36)34-19-22-10-11-22)35-29(24)33(40)43-15-14-42-32(39)20(2)16-21-8-6-5-7-9-21/h4-9,12-13,17-18,20,22H,1,10-11,14-16,19H2,2-3H3,(H,34,36)(H,37,38)/t20-/m0/s1. The van der Waals surface area contributed by atoms with Gasteiger partial charge < -0.3 is 24.6 Å². The molecule has 1 aromatic heterocycles. The van der Waals surface area contributed by atoms with Gasteiger partial charge in [0.15, 0.2) is 5.69 Å². The van der Waals surface area contributed by atoms with Gasteiger partial charge in [0.25, 0.3) is 5.91 Å². The third kappa shape index (κ3) is 8.06. The van der Waals surface area contributed by atoms with Crippen molar-refractivity contribution in [2.45, 2.75) is 26.2 Å². The largest absolute Gasteiger partial charge is 0.496 e. The topological polar surface area (TPSA) is 141 Å². The molecule has 2 aromatic carbocycles. The molecule has 10 nitrogen and oxygen atoms in total. The number of nitrogens with one attached hydrogen (secondary N) is 1. The predicted molar refractivity (Wildman–Crippen MR) is 159 cm³/mol. The molecule has 0 aliphatic heterocycles. The first-order valence-corrected chi connectivity index (χ1v) is 14.0. The summed E-state index contributed by atoms with van der Waals surface area (Å²) in [7, 11) is 1.43. The number of nitrogens with zero attached hydrogens (tertiary/aromatic N) is 1. The number of aromatic nitrogens is 1. The van der Waals surface area contributed by atoms with Gasteiger partial charge in [0, 0.05) is 23.2 Å². The molecule has 10 heteroatoms. The van der Waals surface area contributed by atoms with Gasteiger partial charge in [0.1, 0.15) is 24.7 Å². The highest BCUT2D eigenvalue weighted by Gasteiger charge is 2.26. The number of benzene rings is 2. The summed E-state index contributed by atoms with van der Waals surface area (Å²) in [6.45, 7) is 5.49. The number of esters is 2. The van der Waals surface area contributed by atoms with Crippen molar-refractivity contribution in [3.8, 4) is 16.9 Å². The van der Waals surface area contributed by atoms with Crippen LogP contribution in [0.4, 0.5) is 0 Å². The Hall–Kier alpha value is -4.99. The van der Waals surface area contributed by atoms with Crippen molar-refractivity contribution in [3.63, 3.8) is 0 Å². The molecule has 0 unspecified atom stereocenters. The second kappa shape index (κ2) is 14.3. The van der Waals surface area contributed by atoms with Crippen LogP contribution in [0.1, 0.15) is 62.2 Å². The maximum Gasteiger partial charge on any atom is 0.357 e. The van der Waals surface area contributed by atoms with E-state index in [0.29, 0.717) is 30.2 Å². The molecular weight excluding hydrogens is 552 g/mol. The zero-order valence-corrected chi connectivity index (χ0v) is 24.1. The van der Waals surface area contributed by atoms with E-state index < -0.39 is 29.7 Å². The van der Waals surface area contributed by atoms with E-state index in [1.54, 1.807) is 6.92 Å². The van der Waals surface area contributed by atoms with Gasteiger partial charge in [-0.2, -0.15) is 0 Å². The van der Waals surface area contributed by atoms with Crippen LogP contribution in [0.2, 0.25) is 0 Å². The minimum atomic E-state index is -1.25. The summed E-state index contributed by atoms with van der Waals surface area (Å²) in [4.78, 5) is 55.0. The van der Waals surface area contributed by atoms with Crippen molar-refractivity contribution in [1.29, 1.82) is 0 Å². The average molecular weight is 587 g/mol. The monoisotopic (exact) mass is 586 g/mol. The molecule has 43 heavy (non-hydrogen) atoms. The number of hydrogen-bond donors (Lipinski definition) is 2. The first-order valence-electron chi connectivity index (χ1n) is 14.0. The predicted octanol–water partition coefficient (Wildman–Crippen LogP) is 4.82. The van der Waals surface area contributed by atoms with Crippen molar-refractivity contribution < 1.29 is 38.5 Å².